The number of ether oxygens (including phenoxy) is 1. The number of amides is 1. The van der Waals surface area contributed by atoms with Crippen molar-refractivity contribution < 1.29 is 14.3 Å². The van der Waals surface area contributed by atoms with Crippen LogP contribution in [0.2, 0.25) is 0 Å². The number of carbonyl (C=O) groups excluding carboxylic acids is 2. The van der Waals surface area contributed by atoms with Crippen LogP contribution in [0.1, 0.15) is 48.7 Å². The van der Waals surface area contributed by atoms with Crippen LogP contribution < -0.4 is 5.32 Å². The van der Waals surface area contributed by atoms with E-state index >= 15 is 0 Å². The Bertz CT molecular complexity index is 811. The summed E-state index contributed by atoms with van der Waals surface area (Å²) in [6.45, 7) is 4.46. The van der Waals surface area contributed by atoms with Gasteiger partial charge in [0.25, 0.3) is 5.91 Å². The molecule has 1 aromatic heterocycles. The van der Waals surface area contributed by atoms with Crippen LogP contribution in [0.25, 0.3) is 10.9 Å². The Kier molecular flexibility index (Phi) is 6.47. The molecule has 0 radical (unpaired) electrons. The summed E-state index contributed by atoms with van der Waals surface area (Å²) in [4.78, 5) is 29.0. The van der Waals surface area contributed by atoms with Gasteiger partial charge in [-0.05, 0) is 25.5 Å². The molecule has 0 aliphatic rings. The summed E-state index contributed by atoms with van der Waals surface area (Å²) in [5, 5.41) is 12.9. The number of esters is 1. The van der Waals surface area contributed by atoms with Crippen molar-refractivity contribution in [3.8, 4) is 6.07 Å². The molecule has 0 fully saturated rings. The van der Waals surface area contributed by atoms with Crippen LogP contribution >= 0.6 is 0 Å². The quantitative estimate of drug-likeness (QED) is 0.618. The number of aromatic nitrogens is 1. The molecule has 1 atom stereocenters. The smallest absolute Gasteiger partial charge is 0.329 e. The van der Waals surface area contributed by atoms with E-state index in [-0.39, 0.29) is 18.2 Å². The normalized spacial score (nSPS) is 11.6. The highest BCUT2D eigenvalue weighted by Crippen LogP contribution is 2.23. The number of hydrogen-bond donors (Lipinski definition) is 1. The van der Waals surface area contributed by atoms with Crippen LogP contribution in [0.15, 0.2) is 30.3 Å². The van der Waals surface area contributed by atoms with Gasteiger partial charge < -0.3 is 10.1 Å². The summed E-state index contributed by atoms with van der Waals surface area (Å²) >= 11 is 0. The van der Waals surface area contributed by atoms with Gasteiger partial charge in [0, 0.05) is 11.9 Å². The number of carbonyl (C=O) groups is 2. The van der Waals surface area contributed by atoms with Crippen LogP contribution in [0.4, 0.5) is 0 Å². The lowest BCUT2D eigenvalue weighted by Crippen LogP contribution is -2.25. The van der Waals surface area contributed by atoms with E-state index in [1.54, 1.807) is 25.1 Å². The standard InChI is InChI=1S/C19H21N3O3/c1-3-5-10-21-18(23)14-11-17(15(12-20)19(24)25-4-2)22-16-9-7-6-8-13(14)16/h6-9,11,15H,3-5,10H2,1-2H3,(H,21,23). The molecular formula is C19H21N3O3. The Morgan fingerprint density at radius 1 is 1.32 bits per heavy atom. The van der Waals surface area contributed by atoms with Gasteiger partial charge in [-0.25, -0.2) is 0 Å². The van der Waals surface area contributed by atoms with E-state index < -0.39 is 11.9 Å². The minimum Gasteiger partial charge on any atom is -0.465 e. The van der Waals surface area contributed by atoms with Crippen molar-refractivity contribution in [3.05, 3.63) is 41.6 Å². The number of benzene rings is 1. The average molecular weight is 339 g/mol. The highest BCUT2D eigenvalue weighted by molar-refractivity contribution is 6.06. The van der Waals surface area contributed by atoms with Crippen LogP contribution in [0.3, 0.4) is 0 Å². The van der Waals surface area contributed by atoms with Crippen LogP contribution in [0, 0.1) is 11.3 Å². The van der Waals surface area contributed by atoms with E-state index in [4.69, 9.17) is 4.74 Å². The first-order chi connectivity index (χ1) is 12.1. The molecule has 2 rings (SSSR count). The van der Waals surface area contributed by atoms with E-state index in [1.165, 1.54) is 6.07 Å². The van der Waals surface area contributed by atoms with Gasteiger partial charge in [0.05, 0.1) is 29.5 Å². The zero-order chi connectivity index (χ0) is 18.2. The number of rotatable bonds is 7. The van der Waals surface area contributed by atoms with Crippen molar-refractivity contribution in [1.29, 1.82) is 5.26 Å². The monoisotopic (exact) mass is 339 g/mol. The molecule has 0 saturated carbocycles. The Labute approximate surface area is 146 Å². The van der Waals surface area contributed by atoms with Gasteiger partial charge in [0.15, 0.2) is 5.92 Å². The number of pyridine rings is 1. The largest absolute Gasteiger partial charge is 0.465 e. The molecule has 130 valence electrons. The Balaban J connectivity index is 2.47. The Morgan fingerprint density at radius 2 is 2.08 bits per heavy atom. The van der Waals surface area contributed by atoms with Crippen molar-refractivity contribution in [2.75, 3.05) is 13.2 Å². The second-order valence-electron chi connectivity index (χ2n) is 5.54. The van der Waals surface area contributed by atoms with E-state index in [0.29, 0.717) is 23.0 Å². The maximum Gasteiger partial charge on any atom is 0.329 e. The number of nitrogens with zero attached hydrogens (tertiary/aromatic N) is 2. The van der Waals surface area contributed by atoms with Gasteiger partial charge in [-0.15, -0.1) is 0 Å². The van der Waals surface area contributed by atoms with Gasteiger partial charge in [-0.2, -0.15) is 5.26 Å². The number of hydrogen-bond acceptors (Lipinski definition) is 5. The van der Waals surface area contributed by atoms with E-state index in [2.05, 4.69) is 10.3 Å². The van der Waals surface area contributed by atoms with Crippen LogP contribution in [-0.2, 0) is 9.53 Å². The summed E-state index contributed by atoms with van der Waals surface area (Å²) in [6.07, 6.45) is 1.85. The molecule has 1 amide bonds. The molecule has 0 saturated heterocycles. The molecule has 1 heterocycles. The average Bonchev–Trinajstić information content (AvgIpc) is 2.62. The fourth-order valence-corrected chi connectivity index (χ4v) is 2.47. The first-order valence-corrected chi connectivity index (χ1v) is 8.36. The Hall–Kier alpha value is -2.94. The van der Waals surface area contributed by atoms with Crippen molar-refractivity contribution in [1.82, 2.24) is 10.3 Å². The molecule has 1 aromatic carbocycles. The Morgan fingerprint density at radius 3 is 2.76 bits per heavy atom. The molecule has 6 nitrogen and oxygen atoms in total. The summed E-state index contributed by atoms with van der Waals surface area (Å²) in [6, 6.07) is 10.6. The molecule has 25 heavy (non-hydrogen) atoms. The minimum atomic E-state index is -1.16. The summed E-state index contributed by atoms with van der Waals surface area (Å²) in [7, 11) is 0. The second kappa shape index (κ2) is 8.78. The van der Waals surface area contributed by atoms with Gasteiger partial charge in [-0.1, -0.05) is 31.5 Å². The first-order valence-electron chi connectivity index (χ1n) is 8.36. The summed E-state index contributed by atoms with van der Waals surface area (Å²) in [5.41, 5.74) is 1.19. The highest BCUT2D eigenvalue weighted by atomic mass is 16.5. The van der Waals surface area contributed by atoms with Crippen molar-refractivity contribution >= 4 is 22.8 Å². The van der Waals surface area contributed by atoms with E-state index in [0.717, 1.165) is 12.8 Å². The van der Waals surface area contributed by atoms with Gasteiger partial charge in [0.2, 0.25) is 0 Å². The van der Waals surface area contributed by atoms with E-state index in [1.807, 2.05) is 19.1 Å². The molecule has 0 spiro atoms. The van der Waals surface area contributed by atoms with Crippen molar-refractivity contribution in [3.63, 3.8) is 0 Å². The predicted octanol–water partition coefficient (Wildman–Crippen LogP) is 2.93. The fourth-order valence-electron chi connectivity index (χ4n) is 2.47. The lowest BCUT2D eigenvalue weighted by molar-refractivity contribution is -0.143. The fraction of sp³-hybridized carbons (Fsp3) is 0.368. The second-order valence-corrected chi connectivity index (χ2v) is 5.54. The highest BCUT2D eigenvalue weighted by Gasteiger charge is 2.25. The maximum absolute atomic E-state index is 12.6. The molecule has 0 bridgehead atoms. The zero-order valence-electron chi connectivity index (χ0n) is 14.4. The molecule has 1 N–H and O–H groups in total. The number of unbranched alkanes of at least 4 members (excludes halogenated alkanes) is 1. The van der Waals surface area contributed by atoms with Crippen LogP contribution in [0.5, 0.6) is 0 Å². The van der Waals surface area contributed by atoms with Gasteiger partial charge in [0.1, 0.15) is 0 Å². The number of nitriles is 1. The van der Waals surface area contributed by atoms with Crippen molar-refractivity contribution in [2.24, 2.45) is 0 Å². The maximum atomic E-state index is 12.6. The molecule has 0 aliphatic heterocycles. The summed E-state index contributed by atoms with van der Waals surface area (Å²) in [5.74, 6) is -2.06. The number of para-hydroxylation sites is 1. The number of fused-ring (bicyclic) bond motifs is 1. The minimum absolute atomic E-state index is 0.176. The third kappa shape index (κ3) is 4.32. The number of nitrogens with one attached hydrogen (secondary N) is 1. The molecule has 6 heteroatoms. The lowest BCUT2D eigenvalue weighted by atomic mass is 10.0. The third-order valence-electron chi connectivity index (χ3n) is 3.74. The molecule has 2 aromatic rings. The van der Waals surface area contributed by atoms with Crippen molar-refractivity contribution in [2.45, 2.75) is 32.6 Å². The predicted molar refractivity (Wildman–Crippen MR) is 94.0 cm³/mol. The lowest BCUT2D eigenvalue weighted by Gasteiger charge is -2.12. The SMILES string of the molecule is CCCCNC(=O)c1cc(C(C#N)C(=O)OCC)nc2ccccc12. The molecule has 1 unspecified atom stereocenters. The van der Waals surface area contributed by atoms with Gasteiger partial charge in [-0.3, -0.25) is 14.6 Å². The topological polar surface area (TPSA) is 92.1 Å². The van der Waals surface area contributed by atoms with Crippen LogP contribution in [-0.4, -0.2) is 30.0 Å². The first kappa shape index (κ1) is 18.4. The summed E-state index contributed by atoms with van der Waals surface area (Å²) < 4.78 is 4.94. The molecular weight excluding hydrogens is 318 g/mol. The third-order valence-corrected chi connectivity index (χ3v) is 3.74. The van der Waals surface area contributed by atoms with Gasteiger partial charge >= 0.3 is 5.97 Å². The zero-order valence-corrected chi connectivity index (χ0v) is 14.4. The van der Waals surface area contributed by atoms with E-state index in [9.17, 15) is 14.9 Å². The molecule has 0 aliphatic carbocycles.